The Kier molecular flexibility index (Phi) is 4.74. The summed E-state index contributed by atoms with van der Waals surface area (Å²) >= 11 is 1.99. The number of piperidine rings is 1. The van der Waals surface area contributed by atoms with Crippen molar-refractivity contribution in [1.29, 1.82) is 5.26 Å². The zero-order valence-corrected chi connectivity index (χ0v) is 16.9. The zero-order valence-electron chi connectivity index (χ0n) is 16.1. The van der Waals surface area contributed by atoms with E-state index in [0.29, 0.717) is 0 Å². The molecule has 0 aromatic heterocycles. The van der Waals surface area contributed by atoms with E-state index in [9.17, 15) is 5.26 Å². The number of hydrogen-bond acceptors (Lipinski definition) is 3. The lowest BCUT2D eigenvalue weighted by Gasteiger charge is -2.32. The lowest BCUT2D eigenvalue weighted by Crippen LogP contribution is -2.30. The second-order valence-corrected chi connectivity index (χ2v) is 8.87. The fourth-order valence-corrected chi connectivity index (χ4v) is 5.79. The minimum Gasteiger partial charge on any atom is -0.370 e. The van der Waals surface area contributed by atoms with Crippen molar-refractivity contribution in [3.8, 4) is 17.2 Å². The van der Waals surface area contributed by atoms with Crippen LogP contribution in [0.4, 0.5) is 5.69 Å². The summed E-state index contributed by atoms with van der Waals surface area (Å²) in [6.07, 6.45) is 4.75. The van der Waals surface area contributed by atoms with Crippen molar-refractivity contribution in [2.45, 2.75) is 31.4 Å². The Morgan fingerprint density at radius 1 is 0.893 bits per heavy atom. The molecular formula is C25H24N2S. The number of thioether (sulfide) groups is 1. The molecule has 3 aromatic carbocycles. The van der Waals surface area contributed by atoms with Crippen LogP contribution in [-0.4, -0.2) is 18.8 Å². The SMILES string of the molecule is N#Cc1c(N2CCCCC2)cc(-c2cccc3ccccc23)c2c1CCSC2. The van der Waals surface area contributed by atoms with Crippen molar-refractivity contribution in [3.05, 3.63) is 65.2 Å². The summed E-state index contributed by atoms with van der Waals surface area (Å²) in [5.41, 5.74) is 7.41. The van der Waals surface area contributed by atoms with E-state index in [0.717, 1.165) is 42.3 Å². The summed E-state index contributed by atoms with van der Waals surface area (Å²) in [5, 5.41) is 12.6. The van der Waals surface area contributed by atoms with Gasteiger partial charge in [-0.2, -0.15) is 17.0 Å². The summed E-state index contributed by atoms with van der Waals surface area (Å²) in [7, 11) is 0. The molecular weight excluding hydrogens is 360 g/mol. The Morgan fingerprint density at radius 3 is 2.57 bits per heavy atom. The minimum atomic E-state index is 0.932. The maximum atomic E-state index is 10.1. The summed E-state index contributed by atoms with van der Waals surface area (Å²) in [5.74, 6) is 2.11. The highest BCUT2D eigenvalue weighted by Gasteiger charge is 2.25. The average molecular weight is 385 g/mol. The predicted molar refractivity (Wildman–Crippen MR) is 120 cm³/mol. The standard InChI is InChI=1S/C25H24N2S/c26-16-23-21-11-14-28-17-24(21)22(15-25(23)27-12-4-1-5-13-27)20-10-6-8-18-7-2-3-9-19(18)20/h2-3,6-10,15H,1,4-5,11-14,17H2. The van der Waals surface area contributed by atoms with E-state index in [1.165, 1.54) is 52.3 Å². The number of hydrogen-bond donors (Lipinski definition) is 0. The predicted octanol–water partition coefficient (Wildman–Crippen LogP) is 6.16. The van der Waals surface area contributed by atoms with Gasteiger partial charge in [-0.3, -0.25) is 0 Å². The van der Waals surface area contributed by atoms with Crippen LogP contribution in [0.1, 0.15) is 36.0 Å². The third-order valence-corrected chi connectivity index (χ3v) is 7.15. The molecule has 1 fully saturated rings. The van der Waals surface area contributed by atoms with E-state index in [4.69, 9.17) is 0 Å². The Hall–Kier alpha value is -2.44. The van der Waals surface area contributed by atoms with Crippen LogP contribution in [0.5, 0.6) is 0 Å². The molecule has 0 N–H and O–H groups in total. The van der Waals surface area contributed by atoms with Gasteiger partial charge in [-0.1, -0.05) is 42.5 Å². The molecule has 140 valence electrons. The molecule has 3 aromatic rings. The molecule has 0 aliphatic carbocycles. The van der Waals surface area contributed by atoms with Gasteiger partial charge in [-0.15, -0.1) is 0 Å². The highest BCUT2D eigenvalue weighted by atomic mass is 32.2. The van der Waals surface area contributed by atoms with Crippen LogP contribution in [0.2, 0.25) is 0 Å². The van der Waals surface area contributed by atoms with Gasteiger partial charge in [-0.25, -0.2) is 0 Å². The van der Waals surface area contributed by atoms with Crippen LogP contribution in [-0.2, 0) is 12.2 Å². The molecule has 28 heavy (non-hydrogen) atoms. The van der Waals surface area contributed by atoms with Crippen molar-refractivity contribution in [3.63, 3.8) is 0 Å². The molecule has 5 rings (SSSR count). The van der Waals surface area contributed by atoms with Crippen molar-refractivity contribution in [2.24, 2.45) is 0 Å². The summed E-state index contributed by atoms with van der Waals surface area (Å²) in [4.78, 5) is 2.46. The molecule has 2 aliphatic heterocycles. The number of benzene rings is 3. The van der Waals surface area contributed by atoms with Crippen LogP contribution in [0.15, 0.2) is 48.5 Å². The van der Waals surface area contributed by atoms with Gasteiger partial charge in [0.2, 0.25) is 0 Å². The largest absolute Gasteiger partial charge is 0.370 e. The third-order valence-electron chi connectivity index (χ3n) is 6.16. The van der Waals surface area contributed by atoms with Crippen LogP contribution < -0.4 is 4.90 Å². The fourth-order valence-electron chi connectivity index (χ4n) is 4.76. The van der Waals surface area contributed by atoms with E-state index in [-0.39, 0.29) is 0 Å². The first-order valence-electron chi connectivity index (χ1n) is 10.3. The van der Waals surface area contributed by atoms with Gasteiger partial charge in [0.1, 0.15) is 6.07 Å². The third kappa shape index (κ3) is 2.97. The fraction of sp³-hybridized carbons (Fsp3) is 0.320. The van der Waals surface area contributed by atoms with Gasteiger partial charge in [0.25, 0.3) is 0 Å². The van der Waals surface area contributed by atoms with Gasteiger partial charge in [0, 0.05) is 18.8 Å². The second kappa shape index (κ2) is 7.53. The molecule has 2 nitrogen and oxygen atoms in total. The van der Waals surface area contributed by atoms with Gasteiger partial charge in [-0.05, 0) is 70.5 Å². The summed E-state index contributed by atoms with van der Waals surface area (Å²) in [6.45, 7) is 2.13. The highest BCUT2D eigenvalue weighted by Crippen LogP contribution is 2.42. The molecule has 2 aliphatic rings. The monoisotopic (exact) mass is 384 g/mol. The lowest BCUT2D eigenvalue weighted by atomic mass is 9.87. The van der Waals surface area contributed by atoms with E-state index in [2.05, 4.69) is 59.5 Å². The Morgan fingerprint density at radius 2 is 1.71 bits per heavy atom. The van der Waals surface area contributed by atoms with Gasteiger partial charge >= 0.3 is 0 Å². The summed E-state index contributed by atoms with van der Waals surface area (Å²) in [6, 6.07) is 20.2. The minimum absolute atomic E-state index is 0.932. The first-order chi connectivity index (χ1) is 13.9. The van der Waals surface area contributed by atoms with E-state index in [1.807, 2.05) is 11.8 Å². The molecule has 0 bridgehead atoms. The second-order valence-electron chi connectivity index (χ2n) is 7.76. The molecule has 3 heteroatoms. The van der Waals surface area contributed by atoms with E-state index in [1.54, 1.807) is 0 Å². The van der Waals surface area contributed by atoms with Crippen molar-refractivity contribution in [1.82, 2.24) is 0 Å². The quantitative estimate of drug-likeness (QED) is 0.529. The zero-order chi connectivity index (χ0) is 18.9. The molecule has 0 atom stereocenters. The number of nitriles is 1. The Balaban J connectivity index is 1.78. The smallest absolute Gasteiger partial charge is 0.102 e. The number of anilines is 1. The molecule has 0 amide bonds. The van der Waals surface area contributed by atoms with Gasteiger partial charge in [0.05, 0.1) is 11.3 Å². The van der Waals surface area contributed by atoms with Crippen LogP contribution in [0, 0.1) is 11.3 Å². The first-order valence-corrected chi connectivity index (χ1v) is 11.4. The Bertz CT molecular complexity index is 1070. The molecule has 2 heterocycles. The molecule has 0 unspecified atom stereocenters. The van der Waals surface area contributed by atoms with Crippen molar-refractivity contribution >= 4 is 28.2 Å². The average Bonchev–Trinajstić information content (AvgIpc) is 2.78. The molecule has 0 saturated carbocycles. The number of nitrogens with zero attached hydrogens (tertiary/aromatic N) is 2. The number of fused-ring (bicyclic) bond motifs is 2. The highest BCUT2D eigenvalue weighted by molar-refractivity contribution is 7.98. The van der Waals surface area contributed by atoms with Gasteiger partial charge in [0.15, 0.2) is 0 Å². The molecule has 0 radical (unpaired) electrons. The van der Waals surface area contributed by atoms with Crippen LogP contribution in [0.3, 0.4) is 0 Å². The molecule has 1 saturated heterocycles. The van der Waals surface area contributed by atoms with E-state index < -0.39 is 0 Å². The van der Waals surface area contributed by atoms with Crippen molar-refractivity contribution in [2.75, 3.05) is 23.7 Å². The topological polar surface area (TPSA) is 27.0 Å². The summed E-state index contributed by atoms with van der Waals surface area (Å²) < 4.78 is 0. The van der Waals surface area contributed by atoms with Crippen LogP contribution in [0.25, 0.3) is 21.9 Å². The number of rotatable bonds is 2. The first kappa shape index (κ1) is 17.6. The molecule has 0 spiro atoms. The van der Waals surface area contributed by atoms with Gasteiger partial charge < -0.3 is 4.90 Å². The normalized spacial score (nSPS) is 16.6. The Labute approximate surface area is 171 Å². The van der Waals surface area contributed by atoms with E-state index >= 15 is 0 Å². The maximum Gasteiger partial charge on any atom is 0.102 e. The lowest BCUT2D eigenvalue weighted by molar-refractivity contribution is 0.577. The van der Waals surface area contributed by atoms with Crippen LogP contribution >= 0.6 is 11.8 Å². The maximum absolute atomic E-state index is 10.1. The van der Waals surface area contributed by atoms with Crippen molar-refractivity contribution < 1.29 is 0 Å².